The fourth-order valence-corrected chi connectivity index (χ4v) is 8.92. The summed E-state index contributed by atoms with van der Waals surface area (Å²) in [6.07, 6.45) is 65.2. The van der Waals surface area contributed by atoms with Crippen molar-refractivity contribution in [2.75, 3.05) is 19.8 Å². The van der Waals surface area contributed by atoms with Gasteiger partial charge in [-0.25, -0.2) is 0 Å². The molecule has 0 aliphatic carbocycles. The van der Waals surface area contributed by atoms with E-state index in [1.54, 1.807) is 0 Å². The molecular formula is C59H114O5. The van der Waals surface area contributed by atoms with Gasteiger partial charge < -0.3 is 14.2 Å². The van der Waals surface area contributed by atoms with Crippen LogP contribution >= 0.6 is 0 Å². The summed E-state index contributed by atoms with van der Waals surface area (Å²) in [5.74, 6) is -0.373. The van der Waals surface area contributed by atoms with Crippen molar-refractivity contribution < 1.29 is 23.8 Å². The highest BCUT2D eigenvalue weighted by Crippen LogP contribution is 2.17. The van der Waals surface area contributed by atoms with Gasteiger partial charge in [-0.15, -0.1) is 0 Å². The summed E-state index contributed by atoms with van der Waals surface area (Å²) in [7, 11) is 0. The van der Waals surface area contributed by atoms with Gasteiger partial charge in [-0.1, -0.05) is 283 Å². The number of hydrogen-bond acceptors (Lipinski definition) is 5. The molecule has 0 amide bonds. The maximum atomic E-state index is 12.9. The van der Waals surface area contributed by atoms with Crippen LogP contribution in [0.1, 0.15) is 329 Å². The van der Waals surface area contributed by atoms with Crippen molar-refractivity contribution in [3.63, 3.8) is 0 Å². The van der Waals surface area contributed by atoms with Crippen LogP contribution in [0.15, 0.2) is 12.2 Å². The molecule has 0 bridgehead atoms. The molecule has 5 nitrogen and oxygen atoms in total. The zero-order valence-corrected chi connectivity index (χ0v) is 43.8. The average molecular weight is 904 g/mol. The van der Waals surface area contributed by atoms with Gasteiger partial charge >= 0.3 is 11.9 Å². The van der Waals surface area contributed by atoms with Gasteiger partial charge in [0.25, 0.3) is 0 Å². The summed E-state index contributed by atoms with van der Waals surface area (Å²) >= 11 is 0. The van der Waals surface area contributed by atoms with Crippen LogP contribution < -0.4 is 0 Å². The lowest BCUT2D eigenvalue weighted by Gasteiger charge is -2.18. The van der Waals surface area contributed by atoms with Crippen molar-refractivity contribution >= 4 is 11.9 Å². The topological polar surface area (TPSA) is 61.8 Å². The van der Waals surface area contributed by atoms with Crippen LogP contribution in [0.5, 0.6) is 0 Å². The van der Waals surface area contributed by atoms with Crippen molar-refractivity contribution in [1.29, 1.82) is 0 Å². The Morgan fingerprint density at radius 3 is 0.953 bits per heavy atom. The molecule has 1 atom stereocenters. The largest absolute Gasteiger partial charge is 0.462 e. The summed E-state index contributed by atoms with van der Waals surface area (Å²) in [4.78, 5) is 25.5. The van der Waals surface area contributed by atoms with Crippen LogP contribution in [-0.4, -0.2) is 37.9 Å². The van der Waals surface area contributed by atoms with Crippen LogP contribution in [0.2, 0.25) is 0 Å². The Bertz CT molecular complexity index is 932. The van der Waals surface area contributed by atoms with Crippen LogP contribution in [0.25, 0.3) is 0 Å². The van der Waals surface area contributed by atoms with E-state index in [0.717, 1.165) is 32.1 Å². The van der Waals surface area contributed by atoms with E-state index in [4.69, 9.17) is 14.2 Å². The Hall–Kier alpha value is -1.36. The Balaban J connectivity index is 4.19. The zero-order chi connectivity index (χ0) is 46.3. The van der Waals surface area contributed by atoms with Crippen molar-refractivity contribution in [1.82, 2.24) is 0 Å². The van der Waals surface area contributed by atoms with E-state index >= 15 is 0 Å². The van der Waals surface area contributed by atoms with Gasteiger partial charge in [0.05, 0.1) is 6.61 Å². The van der Waals surface area contributed by atoms with Crippen LogP contribution in [-0.2, 0) is 23.8 Å². The van der Waals surface area contributed by atoms with Crippen molar-refractivity contribution in [3.05, 3.63) is 12.2 Å². The number of unbranched alkanes of at least 4 members (excludes halogenated alkanes) is 42. The van der Waals surface area contributed by atoms with Gasteiger partial charge in [-0.3, -0.25) is 9.59 Å². The monoisotopic (exact) mass is 903 g/mol. The SMILES string of the molecule is CCCCCCCC/C=C\CCCCCCCCCCCC(=O)O[C@H](COCCCCCCCCCCCCCCCCCC)COC(=O)CCCCCCCCCCCCCCC. The quantitative estimate of drug-likeness (QED) is 0.0346. The molecule has 0 aromatic rings. The van der Waals surface area contributed by atoms with Gasteiger partial charge in [0.1, 0.15) is 6.61 Å². The first kappa shape index (κ1) is 62.6. The molecule has 0 aliphatic rings. The molecule has 0 aromatic heterocycles. The smallest absolute Gasteiger partial charge is 0.306 e. The maximum Gasteiger partial charge on any atom is 0.306 e. The average Bonchev–Trinajstić information content (AvgIpc) is 3.30. The first-order valence-electron chi connectivity index (χ1n) is 29.2. The van der Waals surface area contributed by atoms with E-state index in [1.807, 2.05) is 0 Å². The van der Waals surface area contributed by atoms with Crippen molar-refractivity contribution in [3.8, 4) is 0 Å². The lowest BCUT2D eigenvalue weighted by Crippen LogP contribution is -2.30. The first-order valence-corrected chi connectivity index (χ1v) is 29.2. The molecule has 0 heterocycles. The fourth-order valence-electron chi connectivity index (χ4n) is 8.92. The Morgan fingerprint density at radius 2 is 0.609 bits per heavy atom. The highest BCUT2D eigenvalue weighted by molar-refractivity contribution is 5.70. The summed E-state index contributed by atoms with van der Waals surface area (Å²) in [5.41, 5.74) is 0. The molecule has 0 spiro atoms. The highest BCUT2D eigenvalue weighted by Gasteiger charge is 2.17. The molecule has 64 heavy (non-hydrogen) atoms. The predicted octanol–water partition coefficient (Wildman–Crippen LogP) is 19.8. The summed E-state index contributed by atoms with van der Waals surface area (Å²) in [6, 6.07) is 0. The molecule has 0 N–H and O–H groups in total. The second kappa shape index (κ2) is 56.0. The van der Waals surface area contributed by atoms with Crippen molar-refractivity contribution in [2.24, 2.45) is 0 Å². The third-order valence-electron chi connectivity index (χ3n) is 13.3. The minimum absolute atomic E-state index is 0.0947. The molecule has 0 aromatic carbocycles. The lowest BCUT2D eigenvalue weighted by molar-refractivity contribution is -0.163. The van der Waals surface area contributed by atoms with Crippen LogP contribution in [0.3, 0.4) is 0 Å². The van der Waals surface area contributed by atoms with Crippen molar-refractivity contribution in [2.45, 2.75) is 335 Å². The van der Waals surface area contributed by atoms with E-state index in [1.165, 1.54) is 263 Å². The Morgan fingerprint density at radius 1 is 0.328 bits per heavy atom. The minimum atomic E-state index is -0.528. The first-order chi connectivity index (χ1) is 31.6. The molecule has 5 heteroatoms. The molecule has 0 saturated carbocycles. The number of carbonyl (C=O) groups is 2. The van der Waals surface area contributed by atoms with Crippen LogP contribution in [0, 0.1) is 0 Å². The minimum Gasteiger partial charge on any atom is -0.462 e. The van der Waals surface area contributed by atoms with E-state index in [9.17, 15) is 9.59 Å². The van der Waals surface area contributed by atoms with Crippen LogP contribution in [0.4, 0.5) is 0 Å². The second-order valence-electron chi connectivity index (χ2n) is 19.9. The molecule has 0 rings (SSSR count). The van der Waals surface area contributed by atoms with Gasteiger partial charge in [-0.05, 0) is 44.9 Å². The summed E-state index contributed by atoms with van der Waals surface area (Å²) in [6.45, 7) is 7.90. The number of carbonyl (C=O) groups excluding carboxylic acids is 2. The molecular weight excluding hydrogens is 789 g/mol. The highest BCUT2D eigenvalue weighted by atomic mass is 16.6. The molecule has 380 valence electrons. The fraction of sp³-hybridized carbons (Fsp3) is 0.932. The summed E-state index contributed by atoms with van der Waals surface area (Å²) in [5, 5.41) is 0. The summed E-state index contributed by atoms with van der Waals surface area (Å²) < 4.78 is 17.5. The number of rotatable bonds is 55. The standard InChI is InChI=1S/C59H114O5/c1-4-7-10-13-16-19-22-25-27-29-30-31-32-35-38-41-44-47-50-53-59(61)64-57(56-63-58(60)52-49-46-43-40-37-34-24-21-18-15-12-9-6-3)55-62-54-51-48-45-42-39-36-33-28-26-23-20-17-14-11-8-5-2/h25,27,57H,4-24,26,28-56H2,1-3H3/b27-25-/t57-/m1/s1. The second-order valence-corrected chi connectivity index (χ2v) is 19.9. The molecule has 0 saturated heterocycles. The third kappa shape index (κ3) is 53.3. The third-order valence-corrected chi connectivity index (χ3v) is 13.3. The van der Waals surface area contributed by atoms with Gasteiger partial charge in [0, 0.05) is 19.4 Å². The zero-order valence-electron chi connectivity index (χ0n) is 43.8. The van der Waals surface area contributed by atoms with E-state index in [0.29, 0.717) is 26.1 Å². The molecule has 0 fully saturated rings. The number of ether oxygens (including phenoxy) is 3. The van der Waals surface area contributed by atoms with E-state index in [2.05, 4.69) is 32.9 Å². The van der Waals surface area contributed by atoms with E-state index in [-0.39, 0.29) is 18.5 Å². The molecule has 0 unspecified atom stereocenters. The normalized spacial score (nSPS) is 12.1. The Labute approximate surface area is 401 Å². The number of hydrogen-bond donors (Lipinski definition) is 0. The maximum absolute atomic E-state index is 12.9. The van der Waals surface area contributed by atoms with E-state index < -0.39 is 6.10 Å². The lowest BCUT2D eigenvalue weighted by atomic mass is 10.0. The molecule has 0 radical (unpaired) electrons. The number of allylic oxidation sites excluding steroid dienone is 2. The Kier molecular flexibility index (Phi) is 54.8. The predicted molar refractivity (Wildman–Crippen MR) is 279 cm³/mol. The van der Waals surface area contributed by atoms with Gasteiger partial charge in [-0.2, -0.15) is 0 Å². The van der Waals surface area contributed by atoms with Gasteiger partial charge in [0.15, 0.2) is 6.10 Å². The number of esters is 2. The van der Waals surface area contributed by atoms with Gasteiger partial charge in [0.2, 0.25) is 0 Å². The molecule has 0 aliphatic heterocycles.